The van der Waals surface area contributed by atoms with Crippen LogP contribution in [0, 0.1) is 0 Å². The van der Waals surface area contributed by atoms with Gasteiger partial charge in [-0.1, -0.05) is 27.2 Å². The van der Waals surface area contributed by atoms with E-state index in [-0.39, 0.29) is 0 Å². The molecule has 1 atom stereocenters. The van der Waals surface area contributed by atoms with Gasteiger partial charge >= 0.3 is 0 Å². The Morgan fingerprint density at radius 2 is 1.82 bits per heavy atom. The Hall–Kier alpha value is -0.120. The van der Waals surface area contributed by atoms with Crippen LogP contribution in [0.25, 0.3) is 0 Å². The topological polar surface area (TPSA) is 24.5 Å². The lowest BCUT2D eigenvalue weighted by Gasteiger charge is -2.35. The van der Waals surface area contributed by atoms with Gasteiger partial charge in [0.25, 0.3) is 0 Å². The second-order valence-electron chi connectivity index (χ2n) is 5.33. The van der Waals surface area contributed by atoms with Crippen LogP contribution in [0.3, 0.4) is 0 Å². The van der Waals surface area contributed by atoms with Crippen LogP contribution in [0.4, 0.5) is 0 Å². The molecule has 1 N–H and O–H groups in total. The van der Waals surface area contributed by atoms with Crippen LogP contribution in [-0.2, 0) is 4.74 Å². The molecule has 0 aliphatic heterocycles. The molecule has 0 heterocycles. The molecule has 0 aromatic heterocycles. The van der Waals surface area contributed by atoms with Crippen molar-refractivity contribution in [1.29, 1.82) is 0 Å². The summed E-state index contributed by atoms with van der Waals surface area (Å²) in [6.07, 6.45) is 2.49. The molecule has 0 radical (unpaired) electrons. The van der Waals surface area contributed by atoms with Crippen LogP contribution in [0.1, 0.15) is 47.5 Å². The fourth-order valence-corrected chi connectivity index (χ4v) is 2.15. The molecule has 0 bridgehead atoms. The molecule has 104 valence electrons. The summed E-state index contributed by atoms with van der Waals surface area (Å²) in [5.74, 6) is 0. The van der Waals surface area contributed by atoms with Crippen molar-refractivity contribution >= 4 is 0 Å². The lowest BCUT2D eigenvalue weighted by Crippen LogP contribution is -2.48. The predicted octanol–water partition coefficient (Wildman–Crippen LogP) is 2.51. The molecule has 17 heavy (non-hydrogen) atoms. The predicted molar refractivity (Wildman–Crippen MR) is 75.6 cm³/mol. The molecule has 0 amide bonds. The summed E-state index contributed by atoms with van der Waals surface area (Å²) in [6.45, 7) is 14.1. The van der Waals surface area contributed by atoms with Crippen molar-refractivity contribution in [2.24, 2.45) is 0 Å². The standard InChI is InChI=1S/C14H32N2O/c1-7-8-14(11-15-12(2)3)16(13(4)5)9-10-17-6/h12-15H,7-11H2,1-6H3. The normalized spacial score (nSPS) is 13.9. The van der Waals surface area contributed by atoms with E-state index in [0.717, 1.165) is 19.7 Å². The molecule has 0 spiro atoms. The summed E-state index contributed by atoms with van der Waals surface area (Å²) < 4.78 is 5.21. The smallest absolute Gasteiger partial charge is 0.0589 e. The third-order valence-electron chi connectivity index (χ3n) is 3.07. The first-order valence-electron chi connectivity index (χ1n) is 7.00. The van der Waals surface area contributed by atoms with Crippen molar-refractivity contribution in [3.05, 3.63) is 0 Å². The van der Waals surface area contributed by atoms with E-state index in [2.05, 4.69) is 44.8 Å². The number of hydrogen-bond acceptors (Lipinski definition) is 3. The maximum absolute atomic E-state index is 5.21. The minimum atomic E-state index is 0.561. The van der Waals surface area contributed by atoms with Crippen molar-refractivity contribution < 1.29 is 4.74 Å². The highest BCUT2D eigenvalue weighted by molar-refractivity contribution is 4.77. The summed E-state index contributed by atoms with van der Waals surface area (Å²) in [5.41, 5.74) is 0. The van der Waals surface area contributed by atoms with E-state index in [1.807, 2.05) is 0 Å². The molecule has 0 aliphatic carbocycles. The van der Waals surface area contributed by atoms with Crippen molar-refractivity contribution in [2.45, 2.75) is 65.6 Å². The molecule has 0 aromatic rings. The third kappa shape index (κ3) is 7.74. The summed E-state index contributed by atoms with van der Waals surface area (Å²) in [6, 6.07) is 1.76. The van der Waals surface area contributed by atoms with E-state index in [9.17, 15) is 0 Å². The summed E-state index contributed by atoms with van der Waals surface area (Å²) >= 11 is 0. The SMILES string of the molecule is CCCC(CNC(C)C)N(CCOC)C(C)C. The average molecular weight is 244 g/mol. The van der Waals surface area contributed by atoms with Gasteiger partial charge in [0.05, 0.1) is 6.61 Å². The van der Waals surface area contributed by atoms with Crippen LogP contribution >= 0.6 is 0 Å². The van der Waals surface area contributed by atoms with Gasteiger partial charge in [-0.25, -0.2) is 0 Å². The minimum Gasteiger partial charge on any atom is -0.383 e. The molecule has 1 unspecified atom stereocenters. The first-order chi connectivity index (χ1) is 8.02. The number of ether oxygens (including phenoxy) is 1. The van der Waals surface area contributed by atoms with Gasteiger partial charge in [0.2, 0.25) is 0 Å². The molecule has 3 heteroatoms. The number of methoxy groups -OCH3 is 1. The van der Waals surface area contributed by atoms with Crippen molar-refractivity contribution in [3.63, 3.8) is 0 Å². The van der Waals surface area contributed by atoms with Gasteiger partial charge in [0.1, 0.15) is 0 Å². The maximum Gasteiger partial charge on any atom is 0.0589 e. The Balaban J connectivity index is 4.35. The zero-order valence-electron chi connectivity index (χ0n) is 12.6. The van der Waals surface area contributed by atoms with Gasteiger partial charge < -0.3 is 10.1 Å². The van der Waals surface area contributed by atoms with E-state index in [1.54, 1.807) is 7.11 Å². The summed E-state index contributed by atoms with van der Waals surface area (Å²) in [4.78, 5) is 2.56. The Kier molecular flexibility index (Phi) is 9.79. The first-order valence-corrected chi connectivity index (χ1v) is 7.00. The number of rotatable bonds is 10. The molecule has 0 fully saturated rings. The van der Waals surface area contributed by atoms with Gasteiger partial charge in [-0.3, -0.25) is 4.90 Å². The zero-order valence-corrected chi connectivity index (χ0v) is 12.6. The number of nitrogens with zero attached hydrogens (tertiary/aromatic N) is 1. The molecule has 0 saturated heterocycles. The Morgan fingerprint density at radius 3 is 2.24 bits per heavy atom. The van der Waals surface area contributed by atoms with Crippen LogP contribution in [0.15, 0.2) is 0 Å². The van der Waals surface area contributed by atoms with Gasteiger partial charge in [0.15, 0.2) is 0 Å². The molecule has 3 nitrogen and oxygen atoms in total. The summed E-state index contributed by atoms with van der Waals surface area (Å²) in [5, 5.41) is 3.56. The molecular weight excluding hydrogens is 212 g/mol. The molecule has 0 rings (SSSR count). The second kappa shape index (κ2) is 9.86. The van der Waals surface area contributed by atoms with E-state index in [4.69, 9.17) is 4.74 Å². The van der Waals surface area contributed by atoms with E-state index in [1.165, 1.54) is 12.8 Å². The highest BCUT2D eigenvalue weighted by atomic mass is 16.5. The quantitative estimate of drug-likeness (QED) is 0.639. The Labute approximate surface area is 108 Å². The van der Waals surface area contributed by atoms with Crippen LogP contribution in [-0.4, -0.2) is 49.8 Å². The van der Waals surface area contributed by atoms with Crippen molar-refractivity contribution in [2.75, 3.05) is 26.8 Å². The minimum absolute atomic E-state index is 0.561. The zero-order chi connectivity index (χ0) is 13.3. The van der Waals surface area contributed by atoms with Crippen LogP contribution < -0.4 is 5.32 Å². The lowest BCUT2D eigenvalue weighted by atomic mass is 10.1. The van der Waals surface area contributed by atoms with E-state index >= 15 is 0 Å². The fourth-order valence-electron chi connectivity index (χ4n) is 2.15. The lowest BCUT2D eigenvalue weighted by molar-refractivity contribution is 0.0897. The van der Waals surface area contributed by atoms with Crippen LogP contribution in [0.5, 0.6) is 0 Å². The molecular formula is C14H32N2O. The van der Waals surface area contributed by atoms with E-state index in [0.29, 0.717) is 18.1 Å². The number of hydrogen-bond donors (Lipinski definition) is 1. The fraction of sp³-hybridized carbons (Fsp3) is 1.00. The monoisotopic (exact) mass is 244 g/mol. The van der Waals surface area contributed by atoms with Gasteiger partial charge in [0, 0.05) is 38.3 Å². The maximum atomic E-state index is 5.21. The van der Waals surface area contributed by atoms with Crippen LogP contribution in [0.2, 0.25) is 0 Å². The van der Waals surface area contributed by atoms with Gasteiger partial charge in [-0.05, 0) is 20.3 Å². The van der Waals surface area contributed by atoms with Crippen molar-refractivity contribution in [1.82, 2.24) is 10.2 Å². The van der Waals surface area contributed by atoms with E-state index < -0.39 is 0 Å². The highest BCUT2D eigenvalue weighted by Gasteiger charge is 2.20. The Bertz CT molecular complexity index is 172. The average Bonchev–Trinajstić information content (AvgIpc) is 2.25. The molecule has 0 aliphatic rings. The van der Waals surface area contributed by atoms with Gasteiger partial charge in [-0.15, -0.1) is 0 Å². The van der Waals surface area contributed by atoms with Crippen molar-refractivity contribution in [3.8, 4) is 0 Å². The molecule has 0 aromatic carbocycles. The summed E-state index contributed by atoms with van der Waals surface area (Å²) in [7, 11) is 1.78. The van der Waals surface area contributed by atoms with Gasteiger partial charge in [-0.2, -0.15) is 0 Å². The largest absolute Gasteiger partial charge is 0.383 e. The first kappa shape index (κ1) is 16.9. The second-order valence-corrected chi connectivity index (χ2v) is 5.33. The number of nitrogens with one attached hydrogen (secondary N) is 1. The highest BCUT2D eigenvalue weighted by Crippen LogP contribution is 2.11. The third-order valence-corrected chi connectivity index (χ3v) is 3.07. The molecule has 0 saturated carbocycles. The Morgan fingerprint density at radius 1 is 1.18 bits per heavy atom.